The van der Waals surface area contributed by atoms with Gasteiger partial charge in [0.25, 0.3) is 0 Å². The first kappa shape index (κ1) is 12.0. The van der Waals surface area contributed by atoms with Gasteiger partial charge in [-0.2, -0.15) is 0 Å². The highest BCUT2D eigenvalue weighted by Crippen LogP contribution is 2.22. The number of esters is 1. The first-order valence-electron chi connectivity index (χ1n) is 6.33. The minimum Gasteiger partial charge on any atom is -0.459 e. The summed E-state index contributed by atoms with van der Waals surface area (Å²) < 4.78 is 5.52. The van der Waals surface area contributed by atoms with E-state index in [-0.39, 0.29) is 12.1 Å². The lowest BCUT2D eigenvalue weighted by atomic mass is 10.1. The molecule has 1 saturated carbocycles. The lowest BCUT2D eigenvalue weighted by Gasteiger charge is -2.15. The Balaban J connectivity index is 1.98. The molecule has 0 radical (unpaired) electrons. The molecule has 1 aromatic carbocycles. The van der Waals surface area contributed by atoms with E-state index < -0.39 is 0 Å². The number of hydrogen-bond donors (Lipinski definition) is 1. The zero-order valence-electron chi connectivity index (χ0n) is 10.0. The normalized spacial score (nSPS) is 17.4. The molecule has 0 aromatic heterocycles. The number of rotatable bonds is 2. The quantitative estimate of drug-likeness (QED) is 0.485. The van der Waals surface area contributed by atoms with Crippen molar-refractivity contribution in [3.8, 4) is 0 Å². The van der Waals surface area contributed by atoms with Crippen molar-refractivity contribution in [3.63, 3.8) is 0 Å². The highest BCUT2D eigenvalue weighted by atomic mass is 16.5. The molecule has 2 N–H and O–H groups in total. The number of benzene rings is 1. The number of para-hydroxylation sites is 1. The summed E-state index contributed by atoms with van der Waals surface area (Å²) in [6, 6.07) is 7.07. The van der Waals surface area contributed by atoms with Gasteiger partial charge >= 0.3 is 5.97 Å². The van der Waals surface area contributed by atoms with Crippen LogP contribution < -0.4 is 5.73 Å². The third-order valence-electron chi connectivity index (χ3n) is 3.26. The van der Waals surface area contributed by atoms with Crippen molar-refractivity contribution in [1.82, 2.24) is 0 Å². The summed E-state index contributed by atoms with van der Waals surface area (Å²) in [5.74, 6) is -0.282. The summed E-state index contributed by atoms with van der Waals surface area (Å²) >= 11 is 0. The fraction of sp³-hybridized carbons (Fsp3) is 0.500. The average molecular weight is 233 g/mol. The van der Waals surface area contributed by atoms with Crippen LogP contribution in [-0.4, -0.2) is 12.1 Å². The highest BCUT2D eigenvalue weighted by Gasteiger charge is 2.18. The van der Waals surface area contributed by atoms with E-state index in [2.05, 4.69) is 0 Å². The lowest BCUT2D eigenvalue weighted by molar-refractivity contribution is 0.0268. The van der Waals surface area contributed by atoms with Gasteiger partial charge in [-0.3, -0.25) is 0 Å². The van der Waals surface area contributed by atoms with E-state index in [1.54, 1.807) is 18.2 Å². The van der Waals surface area contributed by atoms with Crippen molar-refractivity contribution in [3.05, 3.63) is 29.8 Å². The monoisotopic (exact) mass is 233 g/mol. The van der Waals surface area contributed by atoms with Crippen LogP contribution in [0.4, 0.5) is 5.69 Å². The van der Waals surface area contributed by atoms with E-state index in [0.717, 1.165) is 25.7 Å². The average Bonchev–Trinajstić information content (AvgIpc) is 2.58. The maximum Gasteiger partial charge on any atom is 0.340 e. The molecular weight excluding hydrogens is 214 g/mol. The fourth-order valence-electron chi connectivity index (χ4n) is 2.26. The largest absolute Gasteiger partial charge is 0.459 e. The van der Waals surface area contributed by atoms with Crippen LogP contribution in [0.1, 0.15) is 48.9 Å². The Kier molecular flexibility index (Phi) is 4.02. The lowest BCUT2D eigenvalue weighted by Crippen LogP contribution is -2.18. The summed E-state index contributed by atoms with van der Waals surface area (Å²) in [7, 11) is 0. The smallest absolute Gasteiger partial charge is 0.340 e. The maximum atomic E-state index is 11.9. The summed E-state index contributed by atoms with van der Waals surface area (Å²) in [5.41, 5.74) is 6.73. The minimum atomic E-state index is -0.282. The fourth-order valence-corrected chi connectivity index (χ4v) is 2.26. The number of ether oxygens (including phenoxy) is 1. The van der Waals surface area contributed by atoms with Crippen molar-refractivity contribution in [1.29, 1.82) is 0 Å². The molecule has 0 bridgehead atoms. The number of carbonyl (C=O) groups excluding carboxylic acids is 1. The second-order valence-corrected chi connectivity index (χ2v) is 4.61. The molecule has 3 nitrogen and oxygen atoms in total. The molecule has 0 amide bonds. The molecule has 2 rings (SSSR count). The van der Waals surface area contributed by atoms with Crippen LogP contribution in [0.3, 0.4) is 0 Å². The van der Waals surface area contributed by atoms with E-state index >= 15 is 0 Å². The molecule has 0 heterocycles. The molecule has 0 spiro atoms. The highest BCUT2D eigenvalue weighted by molar-refractivity contribution is 5.95. The van der Waals surface area contributed by atoms with Crippen LogP contribution >= 0.6 is 0 Å². The van der Waals surface area contributed by atoms with Crippen LogP contribution in [-0.2, 0) is 4.74 Å². The van der Waals surface area contributed by atoms with Gasteiger partial charge in [0.2, 0.25) is 0 Å². The number of hydrogen-bond acceptors (Lipinski definition) is 3. The van der Waals surface area contributed by atoms with Crippen molar-refractivity contribution < 1.29 is 9.53 Å². The van der Waals surface area contributed by atoms with Crippen molar-refractivity contribution in [2.24, 2.45) is 0 Å². The maximum absolute atomic E-state index is 11.9. The molecule has 0 unspecified atom stereocenters. The van der Waals surface area contributed by atoms with Crippen LogP contribution in [0, 0.1) is 0 Å². The van der Waals surface area contributed by atoms with Gasteiger partial charge < -0.3 is 10.5 Å². The van der Waals surface area contributed by atoms with E-state index in [0.29, 0.717) is 11.3 Å². The standard InChI is InChI=1S/C14H19NO2/c15-13-10-6-5-9-12(13)14(16)17-11-7-3-1-2-4-8-11/h5-6,9-11H,1-4,7-8,15H2. The van der Waals surface area contributed by atoms with Crippen molar-refractivity contribution in [2.45, 2.75) is 44.6 Å². The zero-order valence-corrected chi connectivity index (χ0v) is 10.0. The van der Waals surface area contributed by atoms with Crippen molar-refractivity contribution >= 4 is 11.7 Å². The van der Waals surface area contributed by atoms with Crippen LogP contribution in [0.25, 0.3) is 0 Å². The molecular formula is C14H19NO2. The zero-order chi connectivity index (χ0) is 12.1. The molecule has 1 aliphatic carbocycles. The van der Waals surface area contributed by atoms with Gasteiger partial charge in [0.05, 0.1) is 5.56 Å². The summed E-state index contributed by atoms with van der Waals surface area (Å²) in [6.07, 6.45) is 6.86. The predicted molar refractivity (Wildman–Crippen MR) is 67.8 cm³/mol. The Morgan fingerprint density at radius 1 is 1.12 bits per heavy atom. The number of anilines is 1. The van der Waals surface area contributed by atoms with Crippen LogP contribution in [0.5, 0.6) is 0 Å². The molecule has 0 aliphatic heterocycles. The Labute approximate surface area is 102 Å². The topological polar surface area (TPSA) is 52.3 Å². The Hall–Kier alpha value is -1.51. The molecule has 3 heteroatoms. The Morgan fingerprint density at radius 3 is 2.41 bits per heavy atom. The van der Waals surface area contributed by atoms with E-state index in [4.69, 9.17) is 10.5 Å². The van der Waals surface area contributed by atoms with Crippen LogP contribution in [0.15, 0.2) is 24.3 Å². The van der Waals surface area contributed by atoms with E-state index in [9.17, 15) is 4.79 Å². The summed E-state index contributed by atoms with van der Waals surface area (Å²) in [5, 5.41) is 0. The van der Waals surface area contributed by atoms with Gasteiger partial charge in [0.15, 0.2) is 0 Å². The minimum absolute atomic E-state index is 0.0737. The number of nitrogen functional groups attached to an aromatic ring is 1. The Morgan fingerprint density at radius 2 is 1.76 bits per heavy atom. The third kappa shape index (κ3) is 3.22. The molecule has 1 aliphatic rings. The van der Waals surface area contributed by atoms with Gasteiger partial charge in [-0.05, 0) is 37.8 Å². The van der Waals surface area contributed by atoms with Gasteiger partial charge in [-0.25, -0.2) is 4.79 Å². The number of carbonyl (C=O) groups is 1. The molecule has 92 valence electrons. The second kappa shape index (κ2) is 5.71. The summed E-state index contributed by atoms with van der Waals surface area (Å²) in [6.45, 7) is 0. The molecule has 17 heavy (non-hydrogen) atoms. The SMILES string of the molecule is Nc1ccccc1C(=O)OC1CCCCCC1. The predicted octanol–water partition coefficient (Wildman–Crippen LogP) is 3.15. The molecule has 0 atom stereocenters. The first-order valence-corrected chi connectivity index (χ1v) is 6.33. The van der Waals surface area contributed by atoms with Gasteiger partial charge in [-0.15, -0.1) is 0 Å². The van der Waals surface area contributed by atoms with E-state index in [1.807, 2.05) is 6.07 Å². The summed E-state index contributed by atoms with van der Waals surface area (Å²) in [4.78, 5) is 11.9. The first-order chi connectivity index (χ1) is 8.27. The van der Waals surface area contributed by atoms with Crippen LogP contribution in [0.2, 0.25) is 0 Å². The molecule has 1 fully saturated rings. The second-order valence-electron chi connectivity index (χ2n) is 4.61. The molecule has 1 aromatic rings. The van der Waals surface area contributed by atoms with Crippen molar-refractivity contribution in [2.75, 3.05) is 5.73 Å². The molecule has 0 saturated heterocycles. The van der Waals surface area contributed by atoms with Gasteiger partial charge in [0.1, 0.15) is 6.10 Å². The van der Waals surface area contributed by atoms with Gasteiger partial charge in [-0.1, -0.05) is 25.0 Å². The number of nitrogens with two attached hydrogens (primary N) is 1. The third-order valence-corrected chi connectivity index (χ3v) is 3.26. The van der Waals surface area contributed by atoms with Gasteiger partial charge in [0, 0.05) is 5.69 Å². The van der Waals surface area contributed by atoms with E-state index in [1.165, 1.54) is 12.8 Å². The Bertz CT molecular complexity index is 382.